The number of nitrogens with zero attached hydrogens (tertiary/aromatic N) is 2. The van der Waals surface area contributed by atoms with Crippen LogP contribution in [0.25, 0.3) is 0 Å². The summed E-state index contributed by atoms with van der Waals surface area (Å²) in [6, 6.07) is 10.5. The summed E-state index contributed by atoms with van der Waals surface area (Å²) in [6.45, 7) is 0.453. The molecular formula is C18H13ClF2N4O. The van der Waals surface area contributed by atoms with Crippen LogP contribution in [0.3, 0.4) is 0 Å². The van der Waals surface area contributed by atoms with Gasteiger partial charge in [0.05, 0.1) is 12.4 Å². The van der Waals surface area contributed by atoms with Gasteiger partial charge in [0.2, 0.25) is 0 Å². The maximum absolute atomic E-state index is 13.2. The zero-order valence-electron chi connectivity index (χ0n) is 13.3. The van der Waals surface area contributed by atoms with Crippen LogP contribution in [0.4, 0.5) is 20.3 Å². The molecule has 5 nitrogen and oxygen atoms in total. The Kier molecular flexibility index (Phi) is 5.38. The minimum atomic E-state index is -1.05. The first-order chi connectivity index (χ1) is 12.5. The summed E-state index contributed by atoms with van der Waals surface area (Å²) in [5, 5.41) is 6.11. The van der Waals surface area contributed by atoms with Gasteiger partial charge in [-0.15, -0.1) is 0 Å². The van der Waals surface area contributed by atoms with E-state index in [1.54, 1.807) is 6.07 Å². The van der Waals surface area contributed by atoms with E-state index in [0.29, 0.717) is 17.4 Å². The molecule has 0 atom stereocenters. The number of rotatable bonds is 5. The lowest BCUT2D eigenvalue weighted by molar-refractivity contribution is 0.102. The molecule has 0 aliphatic heterocycles. The summed E-state index contributed by atoms with van der Waals surface area (Å²) in [5.41, 5.74) is 1.06. The number of anilines is 2. The van der Waals surface area contributed by atoms with E-state index >= 15 is 0 Å². The fourth-order valence-electron chi connectivity index (χ4n) is 2.13. The minimum Gasteiger partial charge on any atom is -0.365 e. The highest BCUT2D eigenvalue weighted by atomic mass is 35.5. The smallest absolute Gasteiger partial charge is 0.275 e. The number of halogens is 3. The van der Waals surface area contributed by atoms with Crippen LogP contribution in [0.15, 0.2) is 54.9 Å². The number of hydrogen-bond donors (Lipinski definition) is 2. The lowest BCUT2D eigenvalue weighted by atomic mass is 10.2. The molecule has 3 rings (SSSR count). The topological polar surface area (TPSA) is 66.9 Å². The van der Waals surface area contributed by atoms with Crippen LogP contribution in [0.5, 0.6) is 0 Å². The van der Waals surface area contributed by atoms with Gasteiger partial charge in [0, 0.05) is 23.3 Å². The lowest BCUT2D eigenvalue weighted by Gasteiger charge is -2.08. The Bertz CT molecular complexity index is 935. The number of aromatic nitrogens is 2. The van der Waals surface area contributed by atoms with Gasteiger partial charge in [0.1, 0.15) is 11.5 Å². The van der Waals surface area contributed by atoms with Gasteiger partial charge in [-0.2, -0.15) is 0 Å². The highest BCUT2D eigenvalue weighted by Gasteiger charge is 2.10. The summed E-state index contributed by atoms with van der Waals surface area (Å²) in [7, 11) is 0. The van der Waals surface area contributed by atoms with Gasteiger partial charge in [-0.25, -0.2) is 18.7 Å². The van der Waals surface area contributed by atoms with Crippen LogP contribution >= 0.6 is 11.6 Å². The second-order valence-corrected chi connectivity index (χ2v) is 5.72. The Balaban J connectivity index is 1.62. The first-order valence-corrected chi connectivity index (χ1v) is 7.96. The summed E-state index contributed by atoms with van der Waals surface area (Å²) in [6.07, 6.45) is 2.68. The van der Waals surface area contributed by atoms with Crippen molar-refractivity contribution in [3.8, 4) is 0 Å². The van der Waals surface area contributed by atoms with Gasteiger partial charge in [-0.3, -0.25) is 4.79 Å². The second-order valence-electron chi connectivity index (χ2n) is 5.31. The lowest BCUT2D eigenvalue weighted by Crippen LogP contribution is -2.14. The molecule has 0 bridgehead atoms. The molecule has 0 aliphatic carbocycles. The quantitative estimate of drug-likeness (QED) is 0.699. The summed E-state index contributed by atoms with van der Waals surface area (Å²) >= 11 is 6.08. The predicted molar refractivity (Wildman–Crippen MR) is 95.1 cm³/mol. The highest BCUT2D eigenvalue weighted by Crippen LogP contribution is 2.16. The van der Waals surface area contributed by atoms with Crippen molar-refractivity contribution in [1.82, 2.24) is 9.97 Å². The molecule has 0 aliphatic rings. The van der Waals surface area contributed by atoms with Gasteiger partial charge in [-0.1, -0.05) is 29.8 Å². The first-order valence-electron chi connectivity index (χ1n) is 7.58. The highest BCUT2D eigenvalue weighted by molar-refractivity contribution is 6.31. The normalized spacial score (nSPS) is 10.4. The second kappa shape index (κ2) is 7.88. The molecule has 0 saturated heterocycles. The van der Waals surface area contributed by atoms with E-state index in [9.17, 15) is 13.6 Å². The number of benzene rings is 2. The third kappa shape index (κ3) is 4.31. The van der Waals surface area contributed by atoms with E-state index in [0.717, 1.165) is 17.7 Å². The van der Waals surface area contributed by atoms with Crippen LogP contribution < -0.4 is 10.6 Å². The van der Waals surface area contributed by atoms with Crippen molar-refractivity contribution in [2.75, 3.05) is 10.6 Å². The molecule has 0 radical (unpaired) electrons. The van der Waals surface area contributed by atoms with Crippen molar-refractivity contribution in [2.24, 2.45) is 0 Å². The number of carbonyl (C=O) groups is 1. The zero-order chi connectivity index (χ0) is 18.5. The molecule has 26 heavy (non-hydrogen) atoms. The van der Waals surface area contributed by atoms with Crippen LogP contribution in [0.1, 0.15) is 16.1 Å². The summed E-state index contributed by atoms with van der Waals surface area (Å²) in [5.74, 6) is -2.15. The van der Waals surface area contributed by atoms with Crippen LogP contribution in [0.2, 0.25) is 5.02 Å². The zero-order valence-corrected chi connectivity index (χ0v) is 14.1. The van der Waals surface area contributed by atoms with E-state index in [2.05, 4.69) is 20.6 Å². The van der Waals surface area contributed by atoms with E-state index in [-0.39, 0.29) is 11.4 Å². The molecule has 8 heteroatoms. The molecule has 3 aromatic rings. The SMILES string of the molecule is O=C(Nc1ccc(F)c(F)c1)c1cnc(NCc2ccccc2Cl)cn1. The molecule has 1 aromatic heterocycles. The van der Waals surface area contributed by atoms with Crippen molar-refractivity contribution < 1.29 is 13.6 Å². The van der Waals surface area contributed by atoms with E-state index in [1.807, 2.05) is 18.2 Å². The van der Waals surface area contributed by atoms with Gasteiger partial charge < -0.3 is 10.6 Å². The molecular weight excluding hydrogens is 362 g/mol. The number of nitrogens with one attached hydrogen (secondary N) is 2. The molecule has 1 heterocycles. The Hall–Kier alpha value is -3.06. The van der Waals surface area contributed by atoms with Crippen molar-refractivity contribution >= 4 is 29.0 Å². The summed E-state index contributed by atoms with van der Waals surface area (Å²) < 4.78 is 26.1. The molecule has 2 N–H and O–H groups in total. The average Bonchev–Trinajstić information content (AvgIpc) is 2.64. The van der Waals surface area contributed by atoms with E-state index in [1.165, 1.54) is 18.5 Å². The molecule has 0 fully saturated rings. The number of carbonyl (C=O) groups excluding carboxylic acids is 1. The van der Waals surface area contributed by atoms with Gasteiger partial charge in [0.15, 0.2) is 11.6 Å². The van der Waals surface area contributed by atoms with Crippen molar-refractivity contribution in [3.63, 3.8) is 0 Å². The maximum Gasteiger partial charge on any atom is 0.275 e. The Labute approximate surface area is 153 Å². The number of hydrogen-bond acceptors (Lipinski definition) is 4. The minimum absolute atomic E-state index is 0.0398. The monoisotopic (exact) mass is 374 g/mol. The van der Waals surface area contributed by atoms with Crippen molar-refractivity contribution in [3.05, 3.63) is 82.8 Å². The summed E-state index contributed by atoms with van der Waals surface area (Å²) in [4.78, 5) is 20.2. The fraction of sp³-hybridized carbons (Fsp3) is 0.0556. The van der Waals surface area contributed by atoms with Crippen LogP contribution in [0, 0.1) is 11.6 Å². The average molecular weight is 375 g/mol. The van der Waals surface area contributed by atoms with Gasteiger partial charge >= 0.3 is 0 Å². The fourth-order valence-corrected chi connectivity index (χ4v) is 2.34. The molecule has 2 aromatic carbocycles. The van der Waals surface area contributed by atoms with Gasteiger partial charge in [-0.05, 0) is 23.8 Å². The van der Waals surface area contributed by atoms with Crippen molar-refractivity contribution in [2.45, 2.75) is 6.54 Å². The van der Waals surface area contributed by atoms with Crippen LogP contribution in [-0.4, -0.2) is 15.9 Å². The predicted octanol–water partition coefficient (Wildman–Crippen LogP) is 4.27. The molecule has 1 amide bonds. The first kappa shape index (κ1) is 17.8. The molecule has 0 unspecified atom stereocenters. The Morgan fingerprint density at radius 2 is 1.85 bits per heavy atom. The molecule has 0 saturated carbocycles. The van der Waals surface area contributed by atoms with Crippen molar-refractivity contribution in [1.29, 1.82) is 0 Å². The standard InChI is InChI=1S/C18H13ClF2N4O/c19-13-4-2-1-3-11(13)8-23-17-10-22-16(9-24-17)18(26)25-12-5-6-14(20)15(21)7-12/h1-7,9-10H,8H2,(H,23,24)(H,25,26). The maximum atomic E-state index is 13.2. The largest absolute Gasteiger partial charge is 0.365 e. The Morgan fingerprint density at radius 1 is 1.04 bits per heavy atom. The van der Waals surface area contributed by atoms with Crippen LogP contribution in [-0.2, 0) is 6.54 Å². The number of amides is 1. The third-order valence-electron chi connectivity index (χ3n) is 3.48. The van der Waals surface area contributed by atoms with E-state index in [4.69, 9.17) is 11.6 Å². The van der Waals surface area contributed by atoms with Gasteiger partial charge in [0.25, 0.3) is 5.91 Å². The molecule has 132 valence electrons. The Morgan fingerprint density at radius 3 is 2.54 bits per heavy atom. The van der Waals surface area contributed by atoms with E-state index < -0.39 is 17.5 Å². The third-order valence-corrected chi connectivity index (χ3v) is 3.85. The molecule has 0 spiro atoms.